The monoisotopic (exact) mass is 345 g/mol. The first kappa shape index (κ1) is 18.4. The molecule has 1 aromatic rings. The number of hydrogen-bond donors (Lipinski definition) is 2. The van der Waals surface area contributed by atoms with Crippen LogP contribution in [0.1, 0.15) is 33.1 Å². The number of anilines is 1. The van der Waals surface area contributed by atoms with Gasteiger partial charge in [0.1, 0.15) is 0 Å². The molecule has 5 nitrogen and oxygen atoms in total. The quantitative estimate of drug-likeness (QED) is 0.826. The Hall–Kier alpha value is -1.43. The molecule has 0 aromatic heterocycles. The molecule has 2 fully saturated rings. The van der Waals surface area contributed by atoms with Crippen LogP contribution in [0.25, 0.3) is 0 Å². The van der Waals surface area contributed by atoms with Gasteiger partial charge in [-0.2, -0.15) is 0 Å². The van der Waals surface area contributed by atoms with E-state index in [2.05, 4.69) is 24.1 Å². The van der Waals surface area contributed by atoms with E-state index in [-0.39, 0.29) is 24.1 Å². The Morgan fingerprint density at radius 2 is 1.88 bits per heavy atom. The molecule has 0 unspecified atom stereocenters. The zero-order valence-electron chi connectivity index (χ0n) is 15.4. The van der Waals surface area contributed by atoms with Gasteiger partial charge < -0.3 is 15.3 Å². The molecule has 2 aliphatic rings. The topological polar surface area (TPSA) is 55.8 Å². The van der Waals surface area contributed by atoms with Gasteiger partial charge in [-0.05, 0) is 43.9 Å². The molecule has 5 heteroatoms. The van der Waals surface area contributed by atoms with E-state index in [0.29, 0.717) is 5.92 Å². The number of aliphatic hydroxyl groups excluding tert-OH is 1. The van der Waals surface area contributed by atoms with Crippen LogP contribution in [0.3, 0.4) is 0 Å². The molecule has 0 bridgehead atoms. The van der Waals surface area contributed by atoms with Crippen LogP contribution in [-0.4, -0.2) is 60.3 Å². The number of carbonyl (C=O) groups excluding carboxylic acids is 1. The minimum absolute atomic E-state index is 0.0120. The third kappa shape index (κ3) is 4.05. The molecule has 2 saturated heterocycles. The maximum Gasteiger partial charge on any atom is 0.244 e. The Morgan fingerprint density at radius 3 is 2.48 bits per heavy atom. The molecule has 1 aromatic carbocycles. The summed E-state index contributed by atoms with van der Waals surface area (Å²) in [4.78, 5) is 17.1. The molecule has 0 aliphatic carbocycles. The van der Waals surface area contributed by atoms with Crippen molar-refractivity contribution in [2.45, 2.75) is 44.7 Å². The van der Waals surface area contributed by atoms with E-state index in [1.807, 2.05) is 35.2 Å². The number of piperidine rings is 1. The first-order valence-corrected chi connectivity index (χ1v) is 9.51. The predicted octanol–water partition coefficient (Wildman–Crippen LogP) is 1.86. The molecule has 1 atom stereocenters. The number of aliphatic hydroxyl groups is 1. The Labute approximate surface area is 151 Å². The third-order valence-electron chi connectivity index (χ3n) is 5.63. The van der Waals surface area contributed by atoms with Crippen molar-refractivity contribution in [1.82, 2.24) is 10.2 Å². The SMILES string of the molecule is CC(C)CNC1(CO)CCN([C@H]2CCN(c3ccccc3)C2=O)CC1. The highest BCUT2D eigenvalue weighted by Crippen LogP contribution is 2.29. The van der Waals surface area contributed by atoms with Gasteiger partial charge in [0.15, 0.2) is 0 Å². The van der Waals surface area contributed by atoms with E-state index in [0.717, 1.165) is 51.1 Å². The first-order chi connectivity index (χ1) is 12.0. The van der Waals surface area contributed by atoms with E-state index in [1.54, 1.807) is 0 Å². The van der Waals surface area contributed by atoms with E-state index < -0.39 is 0 Å². The molecule has 2 aliphatic heterocycles. The Balaban J connectivity index is 1.59. The fourth-order valence-corrected chi connectivity index (χ4v) is 3.94. The average molecular weight is 345 g/mol. The van der Waals surface area contributed by atoms with Crippen LogP contribution < -0.4 is 10.2 Å². The highest BCUT2D eigenvalue weighted by molar-refractivity contribution is 5.99. The van der Waals surface area contributed by atoms with Crippen molar-refractivity contribution in [3.8, 4) is 0 Å². The summed E-state index contributed by atoms with van der Waals surface area (Å²) in [6, 6.07) is 9.93. The normalized spacial score (nSPS) is 24.2. The lowest BCUT2D eigenvalue weighted by Crippen LogP contribution is -2.58. The summed E-state index contributed by atoms with van der Waals surface area (Å²) in [6.07, 6.45) is 2.68. The number of amides is 1. The first-order valence-electron chi connectivity index (χ1n) is 9.51. The van der Waals surface area contributed by atoms with E-state index in [9.17, 15) is 9.90 Å². The average Bonchev–Trinajstić information content (AvgIpc) is 3.02. The lowest BCUT2D eigenvalue weighted by molar-refractivity contribution is -0.122. The Bertz CT molecular complexity index is 568. The largest absolute Gasteiger partial charge is 0.394 e. The molecule has 2 heterocycles. The van der Waals surface area contributed by atoms with Gasteiger partial charge in [0, 0.05) is 30.9 Å². The molecule has 0 spiro atoms. The summed E-state index contributed by atoms with van der Waals surface area (Å²) in [7, 11) is 0. The minimum atomic E-state index is -0.179. The molecular weight excluding hydrogens is 314 g/mol. The van der Waals surface area contributed by atoms with Crippen LogP contribution in [0.15, 0.2) is 30.3 Å². The lowest BCUT2D eigenvalue weighted by atomic mass is 9.87. The summed E-state index contributed by atoms with van der Waals surface area (Å²) in [5, 5.41) is 13.5. The van der Waals surface area contributed by atoms with Gasteiger partial charge >= 0.3 is 0 Å². The van der Waals surface area contributed by atoms with E-state index in [4.69, 9.17) is 0 Å². The number of para-hydroxylation sites is 1. The summed E-state index contributed by atoms with van der Waals surface area (Å²) >= 11 is 0. The predicted molar refractivity (Wildman–Crippen MR) is 101 cm³/mol. The molecule has 0 saturated carbocycles. The van der Waals surface area contributed by atoms with Crippen molar-refractivity contribution >= 4 is 11.6 Å². The standard InChI is InChI=1S/C20H31N3O2/c1-16(2)14-21-20(15-24)9-12-22(13-10-20)18-8-11-23(19(18)25)17-6-4-3-5-7-17/h3-7,16,18,21,24H,8-15H2,1-2H3/t18-/m0/s1. The highest BCUT2D eigenvalue weighted by atomic mass is 16.3. The number of rotatable bonds is 6. The number of benzene rings is 1. The second kappa shape index (κ2) is 7.85. The Kier molecular flexibility index (Phi) is 5.77. The number of hydrogen-bond acceptors (Lipinski definition) is 4. The van der Waals surface area contributed by atoms with Gasteiger partial charge in [-0.1, -0.05) is 32.0 Å². The summed E-state index contributed by atoms with van der Waals surface area (Å²) < 4.78 is 0. The molecular formula is C20H31N3O2. The van der Waals surface area contributed by atoms with E-state index in [1.165, 1.54) is 0 Å². The smallest absolute Gasteiger partial charge is 0.244 e. The summed E-state index contributed by atoms with van der Waals surface area (Å²) in [5.74, 6) is 0.787. The number of likely N-dealkylation sites (tertiary alicyclic amines) is 1. The lowest BCUT2D eigenvalue weighted by Gasteiger charge is -2.43. The van der Waals surface area contributed by atoms with Crippen LogP contribution in [0.5, 0.6) is 0 Å². The van der Waals surface area contributed by atoms with Crippen LogP contribution in [0.4, 0.5) is 5.69 Å². The molecule has 1 amide bonds. The van der Waals surface area contributed by atoms with Gasteiger partial charge in [0.05, 0.1) is 12.6 Å². The number of carbonyl (C=O) groups is 1. The van der Waals surface area contributed by atoms with Gasteiger partial charge in [-0.15, -0.1) is 0 Å². The second-order valence-corrected chi connectivity index (χ2v) is 7.88. The fourth-order valence-electron chi connectivity index (χ4n) is 3.94. The third-order valence-corrected chi connectivity index (χ3v) is 5.63. The van der Waals surface area contributed by atoms with Crippen LogP contribution >= 0.6 is 0 Å². The molecule has 138 valence electrons. The van der Waals surface area contributed by atoms with Gasteiger partial charge in [-0.25, -0.2) is 0 Å². The molecule has 25 heavy (non-hydrogen) atoms. The highest BCUT2D eigenvalue weighted by Gasteiger charge is 2.41. The molecule has 2 N–H and O–H groups in total. The minimum Gasteiger partial charge on any atom is -0.394 e. The van der Waals surface area contributed by atoms with Crippen molar-refractivity contribution in [1.29, 1.82) is 0 Å². The molecule has 3 rings (SSSR count). The van der Waals surface area contributed by atoms with E-state index >= 15 is 0 Å². The fraction of sp³-hybridized carbons (Fsp3) is 0.650. The van der Waals surface area contributed by atoms with Crippen molar-refractivity contribution < 1.29 is 9.90 Å². The van der Waals surface area contributed by atoms with Crippen LogP contribution in [0, 0.1) is 5.92 Å². The van der Waals surface area contributed by atoms with Crippen LogP contribution in [0.2, 0.25) is 0 Å². The summed E-state index contributed by atoms with van der Waals surface area (Å²) in [6.45, 7) is 7.98. The zero-order valence-corrected chi connectivity index (χ0v) is 15.4. The van der Waals surface area contributed by atoms with Crippen molar-refractivity contribution in [2.24, 2.45) is 5.92 Å². The van der Waals surface area contributed by atoms with Gasteiger partial charge in [-0.3, -0.25) is 9.69 Å². The summed E-state index contributed by atoms with van der Waals surface area (Å²) in [5.41, 5.74) is 0.817. The number of nitrogens with one attached hydrogen (secondary N) is 1. The van der Waals surface area contributed by atoms with Gasteiger partial charge in [0.2, 0.25) is 5.91 Å². The maximum absolute atomic E-state index is 12.9. The zero-order chi connectivity index (χ0) is 17.9. The van der Waals surface area contributed by atoms with Gasteiger partial charge in [0.25, 0.3) is 0 Å². The van der Waals surface area contributed by atoms with Crippen molar-refractivity contribution in [2.75, 3.05) is 37.7 Å². The van der Waals surface area contributed by atoms with Crippen molar-refractivity contribution in [3.63, 3.8) is 0 Å². The van der Waals surface area contributed by atoms with Crippen molar-refractivity contribution in [3.05, 3.63) is 30.3 Å². The van der Waals surface area contributed by atoms with Crippen LogP contribution in [-0.2, 0) is 4.79 Å². The Morgan fingerprint density at radius 1 is 1.20 bits per heavy atom. The second-order valence-electron chi connectivity index (χ2n) is 7.88. The molecule has 0 radical (unpaired) electrons. The number of nitrogens with zero attached hydrogens (tertiary/aromatic N) is 2. The maximum atomic E-state index is 12.9.